The van der Waals surface area contributed by atoms with Gasteiger partial charge >= 0.3 is 0 Å². The Hall–Kier alpha value is -0.320. The van der Waals surface area contributed by atoms with Gasteiger partial charge in [-0.25, -0.2) is 0 Å². The maximum absolute atomic E-state index is 8.50. The number of hydrogen-bond donors (Lipinski definition) is 1. The summed E-state index contributed by atoms with van der Waals surface area (Å²) >= 11 is 0. The lowest BCUT2D eigenvalue weighted by molar-refractivity contribution is -0.0208. The molecule has 0 unspecified atom stereocenters. The van der Waals surface area contributed by atoms with Crippen LogP contribution in [0.15, 0.2) is 0 Å². The normalized spacial score (nSPS) is 11.2. The highest BCUT2D eigenvalue weighted by atomic mass is 16.6. The summed E-state index contributed by atoms with van der Waals surface area (Å²) in [6.45, 7) is 10.8. The molecule has 0 aliphatic rings. The van der Waals surface area contributed by atoms with Crippen molar-refractivity contribution in [1.82, 2.24) is 0 Å². The molecule has 8 heteroatoms. The predicted molar refractivity (Wildman–Crippen MR) is 88.2 cm³/mol. The van der Waals surface area contributed by atoms with Crippen molar-refractivity contribution in [3.05, 3.63) is 6.92 Å². The van der Waals surface area contributed by atoms with E-state index in [1.165, 1.54) is 0 Å². The van der Waals surface area contributed by atoms with Crippen molar-refractivity contribution in [2.45, 2.75) is 0 Å². The Morgan fingerprint density at radius 1 is 0.417 bits per heavy atom. The Bertz CT molecular complexity index is 196. The maximum atomic E-state index is 8.50. The number of aliphatic hydroxyl groups is 1. The second-order valence-corrected chi connectivity index (χ2v) is 4.51. The molecule has 24 heavy (non-hydrogen) atoms. The van der Waals surface area contributed by atoms with Gasteiger partial charge in [0.25, 0.3) is 0 Å². The molecule has 0 atom stereocenters. The highest BCUT2D eigenvalue weighted by Gasteiger charge is 1.94. The smallest absolute Gasteiger partial charge is 0.0701 e. The number of ether oxygens (including phenoxy) is 7. The van der Waals surface area contributed by atoms with Crippen molar-refractivity contribution in [2.24, 2.45) is 0 Å². The minimum atomic E-state index is 0.0362. The van der Waals surface area contributed by atoms with Gasteiger partial charge in [-0.15, -0.1) is 0 Å². The second kappa shape index (κ2) is 22.7. The van der Waals surface area contributed by atoms with E-state index in [2.05, 4.69) is 6.92 Å². The minimum Gasteiger partial charge on any atom is -0.411 e. The molecule has 1 N–H and O–H groups in total. The molecule has 0 rings (SSSR count). The maximum Gasteiger partial charge on any atom is 0.0701 e. The summed E-state index contributed by atoms with van der Waals surface area (Å²) in [5.74, 6) is 0. The van der Waals surface area contributed by atoms with Gasteiger partial charge in [0.1, 0.15) is 0 Å². The van der Waals surface area contributed by atoms with Crippen LogP contribution in [0.5, 0.6) is 0 Å². The Labute approximate surface area is 145 Å². The highest BCUT2D eigenvalue weighted by Crippen LogP contribution is 1.85. The molecule has 0 aliphatic carbocycles. The molecule has 0 amide bonds. The molecule has 0 saturated heterocycles. The van der Waals surface area contributed by atoms with E-state index in [9.17, 15) is 0 Å². The topological polar surface area (TPSA) is 84.8 Å². The fourth-order valence-electron chi connectivity index (χ4n) is 1.49. The fourth-order valence-corrected chi connectivity index (χ4v) is 1.49. The zero-order chi connectivity index (χ0) is 17.6. The molecule has 0 aliphatic heterocycles. The SMILES string of the molecule is [CH2-]COCCOCCOCCOCCOCCOCCOCCO. The van der Waals surface area contributed by atoms with E-state index in [1.54, 1.807) is 0 Å². The van der Waals surface area contributed by atoms with E-state index < -0.39 is 0 Å². The standard InChI is InChI=1S/C16H33O8/c1-2-18-5-6-20-9-10-22-13-14-24-16-15-23-12-11-21-8-7-19-4-3-17/h17H,1-16H2/q-1. The third-order valence-corrected chi connectivity index (χ3v) is 2.61. The summed E-state index contributed by atoms with van der Waals surface area (Å²) in [7, 11) is 0. The van der Waals surface area contributed by atoms with E-state index >= 15 is 0 Å². The Balaban J connectivity index is 2.93. The Kier molecular flexibility index (Phi) is 22.4. The average molecular weight is 353 g/mol. The van der Waals surface area contributed by atoms with E-state index in [0.717, 1.165) is 0 Å². The van der Waals surface area contributed by atoms with Gasteiger partial charge in [-0.05, 0) is 0 Å². The summed E-state index contributed by atoms with van der Waals surface area (Å²) in [6, 6.07) is 0. The summed E-state index contributed by atoms with van der Waals surface area (Å²) in [6.07, 6.45) is 0. The summed E-state index contributed by atoms with van der Waals surface area (Å²) in [5, 5.41) is 8.50. The molecule has 146 valence electrons. The lowest BCUT2D eigenvalue weighted by Crippen LogP contribution is -2.14. The molecular weight excluding hydrogens is 320 g/mol. The van der Waals surface area contributed by atoms with E-state index in [1.807, 2.05) is 0 Å². The highest BCUT2D eigenvalue weighted by molar-refractivity contribution is 4.37. The van der Waals surface area contributed by atoms with Crippen LogP contribution in [-0.2, 0) is 33.2 Å². The fraction of sp³-hybridized carbons (Fsp3) is 0.938. The van der Waals surface area contributed by atoms with Crippen molar-refractivity contribution >= 4 is 0 Å². The third-order valence-electron chi connectivity index (χ3n) is 2.61. The van der Waals surface area contributed by atoms with Crippen LogP contribution >= 0.6 is 0 Å². The molecule has 8 nitrogen and oxygen atoms in total. The van der Waals surface area contributed by atoms with E-state index in [0.29, 0.717) is 92.5 Å². The van der Waals surface area contributed by atoms with Gasteiger partial charge in [-0.3, -0.25) is 0 Å². The monoisotopic (exact) mass is 353 g/mol. The van der Waals surface area contributed by atoms with Crippen LogP contribution in [0.1, 0.15) is 0 Å². The number of rotatable bonds is 21. The first-order chi connectivity index (χ1) is 11.9. The average Bonchev–Trinajstić information content (AvgIpc) is 2.60. The predicted octanol–water partition coefficient (Wildman–Crippen LogP) is -0.0710. The van der Waals surface area contributed by atoms with Crippen LogP contribution in [-0.4, -0.2) is 104 Å². The van der Waals surface area contributed by atoms with Gasteiger partial charge in [0.15, 0.2) is 0 Å². The van der Waals surface area contributed by atoms with Crippen molar-refractivity contribution in [1.29, 1.82) is 0 Å². The van der Waals surface area contributed by atoms with Gasteiger partial charge in [0.2, 0.25) is 0 Å². The molecule has 0 aromatic carbocycles. The van der Waals surface area contributed by atoms with Crippen LogP contribution < -0.4 is 0 Å². The van der Waals surface area contributed by atoms with Crippen LogP contribution in [0.3, 0.4) is 0 Å². The van der Waals surface area contributed by atoms with Crippen LogP contribution in [0.25, 0.3) is 0 Å². The molecule has 0 radical (unpaired) electrons. The number of hydrogen-bond acceptors (Lipinski definition) is 8. The Morgan fingerprint density at radius 2 is 0.667 bits per heavy atom. The molecule has 0 saturated carbocycles. The quantitative estimate of drug-likeness (QED) is 0.227. The first-order valence-electron chi connectivity index (χ1n) is 8.36. The largest absolute Gasteiger partial charge is 0.411 e. The van der Waals surface area contributed by atoms with Crippen molar-refractivity contribution in [3.63, 3.8) is 0 Å². The third kappa shape index (κ3) is 21.7. The summed E-state index contributed by atoms with van der Waals surface area (Å²) in [4.78, 5) is 0. The van der Waals surface area contributed by atoms with Crippen LogP contribution in [0.4, 0.5) is 0 Å². The Morgan fingerprint density at radius 3 is 0.917 bits per heavy atom. The van der Waals surface area contributed by atoms with Crippen molar-refractivity contribution in [3.8, 4) is 0 Å². The molecule has 0 heterocycles. The van der Waals surface area contributed by atoms with E-state index in [4.69, 9.17) is 38.3 Å². The first-order valence-corrected chi connectivity index (χ1v) is 8.36. The molecule has 0 spiro atoms. The van der Waals surface area contributed by atoms with Gasteiger partial charge in [-0.1, -0.05) is 6.61 Å². The summed E-state index contributed by atoms with van der Waals surface area (Å²) in [5.41, 5.74) is 0. The second-order valence-electron chi connectivity index (χ2n) is 4.51. The molecule has 0 fully saturated rings. The zero-order valence-corrected chi connectivity index (χ0v) is 14.6. The lowest BCUT2D eigenvalue weighted by atomic mass is 10.6. The van der Waals surface area contributed by atoms with Crippen molar-refractivity contribution in [2.75, 3.05) is 99.1 Å². The summed E-state index contributed by atoms with van der Waals surface area (Å²) < 4.78 is 36.7. The lowest BCUT2D eigenvalue weighted by Gasteiger charge is -2.08. The van der Waals surface area contributed by atoms with Crippen molar-refractivity contribution < 1.29 is 38.3 Å². The van der Waals surface area contributed by atoms with E-state index in [-0.39, 0.29) is 6.61 Å². The molecule has 0 bridgehead atoms. The van der Waals surface area contributed by atoms with Gasteiger partial charge in [0, 0.05) is 0 Å². The van der Waals surface area contributed by atoms with Gasteiger partial charge in [-0.2, -0.15) is 0 Å². The minimum absolute atomic E-state index is 0.0362. The van der Waals surface area contributed by atoms with Gasteiger partial charge in [0.05, 0.1) is 92.5 Å². The molecule has 0 aromatic heterocycles. The molecular formula is C16H33O8-. The first kappa shape index (κ1) is 23.7. The zero-order valence-electron chi connectivity index (χ0n) is 14.6. The van der Waals surface area contributed by atoms with Crippen LogP contribution in [0, 0.1) is 6.92 Å². The van der Waals surface area contributed by atoms with Crippen LogP contribution in [0.2, 0.25) is 0 Å². The van der Waals surface area contributed by atoms with Gasteiger partial charge < -0.3 is 45.2 Å². The number of aliphatic hydroxyl groups excluding tert-OH is 1. The molecule has 0 aromatic rings.